The number of carboxylic acids is 2. The molecule has 0 spiro atoms. The molecular weight excluding hydrogens is 234 g/mol. The van der Waals surface area contributed by atoms with Crippen molar-refractivity contribution in [3.63, 3.8) is 0 Å². The highest BCUT2D eigenvalue weighted by atomic mass is 16.6. The number of hydrogen-bond donors (Lipinski definition) is 4. The molecule has 0 amide bonds. The van der Waals surface area contributed by atoms with Crippen LogP contribution in [0.25, 0.3) is 0 Å². The Labute approximate surface area is 98.1 Å². The van der Waals surface area contributed by atoms with Crippen molar-refractivity contribution in [2.24, 2.45) is 0 Å². The molecule has 0 radical (unpaired) electrons. The summed E-state index contributed by atoms with van der Waals surface area (Å²) >= 11 is 0. The van der Waals surface area contributed by atoms with Gasteiger partial charge < -0.3 is 20.2 Å². The fourth-order valence-electron chi connectivity index (χ4n) is 0.443. The van der Waals surface area contributed by atoms with Crippen molar-refractivity contribution in [3.8, 4) is 0 Å². The minimum Gasteiger partial charge on any atom is -0.473 e. The molecule has 8 heteroatoms. The van der Waals surface area contributed by atoms with Gasteiger partial charge in [-0.1, -0.05) is 0 Å². The van der Waals surface area contributed by atoms with Crippen LogP contribution in [0.1, 0.15) is 27.7 Å². The van der Waals surface area contributed by atoms with E-state index in [1.165, 1.54) is 6.92 Å². The third-order valence-corrected chi connectivity index (χ3v) is 1.14. The molecule has 0 saturated heterocycles. The van der Waals surface area contributed by atoms with Gasteiger partial charge in [-0.05, 0) is 27.7 Å². The summed E-state index contributed by atoms with van der Waals surface area (Å²) in [5, 5.41) is 23.1. The van der Waals surface area contributed by atoms with Gasteiger partial charge in [-0.3, -0.25) is 4.79 Å². The zero-order valence-corrected chi connectivity index (χ0v) is 10.1. The Bertz CT molecular complexity index is 270. The zero-order valence-electron chi connectivity index (χ0n) is 10.1. The first-order valence-electron chi connectivity index (χ1n) is 4.60. The van der Waals surface area contributed by atoms with Gasteiger partial charge in [-0.15, -0.1) is 0 Å². The Morgan fingerprint density at radius 1 is 1.12 bits per heavy atom. The van der Waals surface area contributed by atoms with Crippen LogP contribution < -0.4 is 5.48 Å². The van der Waals surface area contributed by atoms with Crippen molar-refractivity contribution >= 4 is 17.9 Å². The third kappa shape index (κ3) is 12.3. The lowest BCUT2D eigenvalue weighted by Crippen LogP contribution is -2.37. The summed E-state index contributed by atoms with van der Waals surface area (Å²) in [6, 6.07) is -0.672. The molecular formula is C9H17NO7. The van der Waals surface area contributed by atoms with E-state index in [0.29, 0.717) is 0 Å². The topological polar surface area (TPSA) is 133 Å². The van der Waals surface area contributed by atoms with Crippen LogP contribution in [0.3, 0.4) is 0 Å². The summed E-state index contributed by atoms with van der Waals surface area (Å²) in [5.41, 5.74) is 1.31. The lowest BCUT2D eigenvalue weighted by atomic mass is 10.2. The molecule has 0 aromatic heterocycles. The molecule has 0 aliphatic heterocycles. The van der Waals surface area contributed by atoms with Gasteiger partial charge in [0, 0.05) is 0 Å². The maximum Gasteiger partial charge on any atom is 0.414 e. The number of hydrogen-bond acceptors (Lipinski definition) is 6. The van der Waals surface area contributed by atoms with Crippen molar-refractivity contribution in [2.75, 3.05) is 0 Å². The maximum absolute atomic E-state index is 10.9. The Kier molecular flexibility index (Phi) is 7.90. The lowest BCUT2D eigenvalue weighted by molar-refractivity contribution is -0.159. The molecule has 0 fully saturated rings. The number of rotatable bonds is 2. The molecule has 0 aromatic carbocycles. The quantitative estimate of drug-likeness (QED) is 0.302. The summed E-state index contributed by atoms with van der Waals surface area (Å²) < 4.78 is 4.93. The maximum atomic E-state index is 10.9. The predicted octanol–water partition coefficient (Wildman–Crippen LogP) is -0.149. The Morgan fingerprint density at radius 3 is 1.65 bits per heavy atom. The molecule has 0 rings (SSSR count). The Morgan fingerprint density at radius 2 is 1.47 bits per heavy atom. The average Bonchev–Trinajstić information content (AvgIpc) is 2.14. The number of carboxylic acid groups (broad SMARTS) is 2. The lowest BCUT2D eigenvalue weighted by Gasteiger charge is -2.21. The second kappa shape index (κ2) is 7.58. The van der Waals surface area contributed by atoms with E-state index in [1.807, 2.05) is 5.48 Å². The molecule has 0 saturated carbocycles. The largest absolute Gasteiger partial charge is 0.473 e. The van der Waals surface area contributed by atoms with Crippen LogP contribution >= 0.6 is 0 Å². The standard InChI is InChI=1S/C7H15NO3.C2H2O4/c1-5(8-10)6(9)11-7(2,3)4;3-1(4)2(5)6/h5,8,10H,1-4H3;(H,3,4)(H,5,6)/t5-;/m0./s1. The SMILES string of the molecule is C[C@H](NO)C(=O)OC(C)(C)C.O=C(O)C(=O)O. The van der Waals surface area contributed by atoms with Gasteiger partial charge in [0.15, 0.2) is 0 Å². The summed E-state index contributed by atoms with van der Waals surface area (Å²) in [5.74, 6) is -4.11. The van der Waals surface area contributed by atoms with E-state index in [2.05, 4.69) is 0 Å². The average molecular weight is 251 g/mol. The number of aliphatic carboxylic acids is 2. The van der Waals surface area contributed by atoms with Crippen LogP contribution in [-0.2, 0) is 19.1 Å². The van der Waals surface area contributed by atoms with E-state index >= 15 is 0 Å². The summed E-state index contributed by atoms with van der Waals surface area (Å²) in [7, 11) is 0. The van der Waals surface area contributed by atoms with Crippen LogP contribution in [0.2, 0.25) is 0 Å². The number of ether oxygens (including phenoxy) is 1. The van der Waals surface area contributed by atoms with Gasteiger partial charge in [-0.25, -0.2) is 9.59 Å². The number of esters is 1. The van der Waals surface area contributed by atoms with E-state index in [-0.39, 0.29) is 0 Å². The van der Waals surface area contributed by atoms with Crippen LogP contribution in [0.15, 0.2) is 0 Å². The minimum absolute atomic E-state index is 0.458. The van der Waals surface area contributed by atoms with Gasteiger partial charge in [0.1, 0.15) is 11.6 Å². The summed E-state index contributed by atoms with van der Waals surface area (Å²) in [6.45, 7) is 6.84. The van der Waals surface area contributed by atoms with Gasteiger partial charge in [0.05, 0.1) is 0 Å². The monoisotopic (exact) mass is 251 g/mol. The van der Waals surface area contributed by atoms with Crippen molar-refractivity contribution in [1.82, 2.24) is 5.48 Å². The summed E-state index contributed by atoms with van der Waals surface area (Å²) in [4.78, 5) is 29.1. The molecule has 17 heavy (non-hydrogen) atoms. The highest BCUT2D eigenvalue weighted by molar-refractivity contribution is 6.27. The second-order valence-corrected chi connectivity index (χ2v) is 3.99. The fraction of sp³-hybridized carbons (Fsp3) is 0.667. The van der Waals surface area contributed by atoms with Gasteiger partial charge in [-0.2, -0.15) is 5.48 Å². The first-order chi connectivity index (χ1) is 7.51. The van der Waals surface area contributed by atoms with Crippen LogP contribution in [-0.4, -0.2) is 45.0 Å². The highest BCUT2D eigenvalue weighted by Crippen LogP contribution is 2.07. The molecule has 4 N–H and O–H groups in total. The van der Waals surface area contributed by atoms with E-state index in [0.717, 1.165) is 0 Å². The van der Waals surface area contributed by atoms with Crippen LogP contribution in [0.4, 0.5) is 0 Å². The second-order valence-electron chi connectivity index (χ2n) is 3.99. The van der Waals surface area contributed by atoms with Crippen LogP contribution in [0.5, 0.6) is 0 Å². The predicted molar refractivity (Wildman–Crippen MR) is 55.5 cm³/mol. The Balaban J connectivity index is 0. The number of nitrogens with one attached hydrogen (secondary N) is 1. The van der Waals surface area contributed by atoms with Gasteiger partial charge >= 0.3 is 17.9 Å². The zero-order chi connectivity index (χ0) is 14.2. The van der Waals surface area contributed by atoms with Crippen molar-refractivity contribution in [2.45, 2.75) is 39.3 Å². The van der Waals surface area contributed by atoms with E-state index in [4.69, 9.17) is 29.7 Å². The molecule has 100 valence electrons. The van der Waals surface area contributed by atoms with Crippen molar-refractivity contribution in [3.05, 3.63) is 0 Å². The first-order valence-corrected chi connectivity index (χ1v) is 4.60. The molecule has 0 aromatic rings. The van der Waals surface area contributed by atoms with E-state index in [9.17, 15) is 4.79 Å². The number of carbonyl (C=O) groups is 3. The molecule has 0 unspecified atom stereocenters. The normalized spacial score (nSPS) is 11.8. The highest BCUT2D eigenvalue weighted by Gasteiger charge is 2.20. The molecule has 8 nitrogen and oxygen atoms in total. The van der Waals surface area contributed by atoms with Crippen molar-refractivity contribution in [1.29, 1.82) is 0 Å². The number of hydroxylamine groups is 1. The third-order valence-electron chi connectivity index (χ3n) is 1.14. The number of carbonyl (C=O) groups excluding carboxylic acids is 1. The van der Waals surface area contributed by atoms with Gasteiger partial charge in [0.2, 0.25) is 0 Å². The molecule has 0 aliphatic carbocycles. The first kappa shape index (κ1) is 17.7. The Hall–Kier alpha value is -1.67. The molecule has 1 atom stereocenters. The van der Waals surface area contributed by atoms with Crippen molar-refractivity contribution < 1.29 is 34.5 Å². The minimum atomic E-state index is -1.82. The fourth-order valence-corrected chi connectivity index (χ4v) is 0.443. The van der Waals surface area contributed by atoms with E-state index < -0.39 is 29.6 Å². The van der Waals surface area contributed by atoms with Gasteiger partial charge in [0.25, 0.3) is 0 Å². The molecule has 0 heterocycles. The molecule has 0 aliphatic rings. The summed E-state index contributed by atoms with van der Waals surface area (Å²) in [6.07, 6.45) is 0. The van der Waals surface area contributed by atoms with E-state index in [1.54, 1.807) is 20.8 Å². The smallest absolute Gasteiger partial charge is 0.414 e. The van der Waals surface area contributed by atoms with Crippen LogP contribution in [0, 0.1) is 0 Å². The molecule has 0 bridgehead atoms.